The van der Waals surface area contributed by atoms with Gasteiger partial charge in [-0.2, -0.15) is 5.10 Å². The molecule has 3 aromatic carbocycles. The first kappa shape index (κ1) is 23.9. The Kier molecular flexibility index (Phi) is 6.91. The van der Waals surface area contributed by atoms with Gasteiger partial charge in [0.15, 0.2) is 5.82 Å². The molecule has 1 aliphatic rings. The fourth-order valence-corrected chi connectivity index (χ4v) is 5.27. The van der Waals surface area contributed by atoms with Crippen molar-refractivity contribution in [1.29, 1.82) is 0 Å². The van der Waals surface area contributed by atoms with Crippen molar-refractivity contribution in [2.75, 3.05) is 12.3 Å². The Morgan fingerprint density at radius 1 is 1.03 bits per heavy atom. The van der Waals surface area contributed by atoms with Crippen molar-refractivity contribution >= 4 is 22.6 Å². The third kappa shape index (κ3) is 5.21. The summed E-state index contributed by atoms with van der Waals surface area (Å²) in [6, 6.07) is 21.2. The number of aromatic amines is 1. The third-order valence-corrected chi connectivity index (χ3v) is 7.42. The molecule has 1 heterocycles. The lowest BCUT2D eigenvalue weighted by atomic mass is 9.81. The maximum Gasteiger partial charge on any atom is 0.223 e. The van der Waals surface area contributed by atoms with E-state index in [2.05, 4.69) is 27.6 Å². The number of hydrogen-bond donors (Lipinski definition) is 5. The summed E-state index contributed by atoms with van der Waals surface area (Å²) in [6.45, 7) is 0.688. The van der Waals surface area contributed by atoms with Crippen LogP contribution in [0.25, 0.3) is 22.0 Å². The Hall–Kier alpha value is -3.84. The highest BCUT2D eigenvalue weighted by Crippen LogP contribution is 2.33. The van der Waals surface area contributed by atoms with Crippen molar-refractivity contribution in [1.82, 2.24) is 15.5 Å². The summed E-state index contributed by atoms with van der Waals surface area (Å²) in [4.78, 5) is 13.3. The van der Waals surface area contributed by atoms with Crippen LogP contribution in [-0.4, -0.2) is 27.8 Å². The molecular weight excluding hydrogens is 450 g/mol. The minimum atomic E-state index is -0.274. The van der Waals surface area contributed by atoms with Crippen LogP contribution in [0.1, 0.15) is 42.9 Å². The molecule has 1 aromatic heterocycles. The van der Waals surface area contributed by atoms with Gasteiger partial charge >= 0.3 is 0 Å². The summed E-state index contributed by atoms with van der Waals surface area (Å²) in [6.07, 6.45) is 4.35. The normalized spacial score (nSPS) is 18.7. The van der Waals surface area contributed by atoms with Crippen LogP contribution in [0.3, 0.4) is 0 Å². The molecule has 1 amide bonds. The number of amides is 1. The second kappa shape index (κ2) is 10.4. The monoisotopic (exact) mass is 483 g/mol. The first-order valence-corrected chi connectivity index (χ1v) is 12.6. The van der Waals surface area contributed by atoms with Crippen LogP contribution in [0, 0.1) is 11.8 Å². The number of phenolic OH excluding ortho intramolecular Hbond substituents is 1. The zero-order valence-electron chi connectivity index (χ0n) is 20.3. The zero-order valence-corrected chi connectivity index (χ0v) is 20.3. The molecule has 0 radical (unpaired) electrons. The minimum absolute atomic E-state index is 0.00361. The maximum atomic E-state index is 13.3. The topological polar surface area (TPSA) is 130 Å². The lowest BCUT2D eigenvalue weighted by Crippen LogP contribution is -2.37. The van der Waals surface area contributed by atoms with E-state index in [1.54, 1.807) is 12.1 Å². The van der Waals surface area contributed by atoms with Gasteiger partial charge in [0, 0.05) is 11.3 Å². The molecule has 36 heavy (non-hydrogen) atoms. The van der Waals surface area contributed by atoms with Gasteiger partial charge in [0.1, 0.15) is 5.75 Å². The highest BCUT2D eigenvalue weighted by Gasteiger charge is 2.28. The molecule has 5 rings (SSSR count). The van der Waals surface area contributed by atoms with E-state index in [0.717, 1.165) is 58.8 Å². The van der Waals surface area contributed by atoms with E-state index in [-0.39, 0.29) is 23.6 Å². The van der Waals surface area contributed by atoms with Gasteiger partial charge in [0.05, 0.1) is 11.6 Å². The summed E-state index contributed by atoms with van der Waals surface area (Å²) in [5.41, 5.74) is 16.4. The van der Waals surface area contributed by atoms with Crippen molar-refractivity contribution in [3.63, 3.8) is 0 Å². The highest BCUT2D eigenvalue weighted by atomic mass is 16.3. The van der Waals surface area contributed by atoms with Crippen molar-refractivity contribution in [3.8, 4) is 16.9 Å². The zero-order chi connectivity index (χ0) is 25.1. The average molecular weight is 484 g/mol. The Labute approximate surface area is 210 Å². The molecule has 1 aliphatic carbocycles. The van der Waals surface area contributed by atoms with Crippen LogP contribution < -0.4 is 16.8 Å². The molecule has 0 saturated heterocycles. The molecule has 1 saturated carbocycles. The molecular formula is C29H33N5O2. The van der Waals surface area contributed by atoms with Crippen LogP contribution >= 0.6 is 0 Å². The van der Waals surface area contributed by atoms with Gasteiger partial charge < -0.3 is 21.9 Å². The number of aromatic nitrogens is 2. The fraction of sp³-hybridized carbons (Fsp3) is 0.310. The third-order valence-electron chi connectivity index (χ3n) is 7.42. The number of H-pyrrole nitrogens is 1. The van der Waals surface area contributed by atoms with Gasteiger partial charge in [-0.05, 0) is 97.2 Å². The van der Waals surface area contributed by atoms with Crippen molar-refractivity contribution in [2.24, 2.45) is 17.6 Å². The molecule has 7 heteroatoms. The summed E-state index contributed by atoms with van der Waals surface area (Å²) in [5, 5.41) is 21.9. The molecule has 0 aliphatic heterocycles. The van der Waals surface area contributed by atoms with Crippen LogP contribution in [0.5, 0.6) is 5.75 Å². The molecule has 4 aromatic rings. The Balaban J connectivity index is 1.45. The molecule has 1 atom stereocenters. The number of aromatic hydroxyl groups is 1. The van der Waals surface area contributed by atoms with E-state index < -0.39 is 0 Å². The second-order valence-corrected chi connectivity index (χ2v) is 9.89. The Morgan fingerprint density at radius 3 is 2.56 bits per heavy atom. The number of phenols is 1. The van der Waals surface area contributed by atoms with Crippen molar-refractivity contribution < 1.29 is 9.90 Å². The van der Waals surface area contributed by atoms with Crippen LogP contribution in [0.2, 0.25) is 0 Å². The van der Waals surface area contributed by atoms with Gasteiger partial charge in [0.2, 0.25) is 5.91 Å². The smallest absolute Gasteiger partial charge is 0.223 e. The Morgan fingerprint density at radius 2 is 1.81 bits per heavy atom. The highest BCUT2D eigenvalue weighted by molar-refractivity contribution is 5.91. The summed E-state index contributed by atoms with van der Waals surface area (Å²) >= 11 is 0. The summed E-state index contributed by atoms with van der Waals surface area (Å²) in [7, 11) is 0. The van der Waals surface area contributed by atoms with E-state index in [0.29, 0.717) is 24.7 Å². The number of anilines is 1. The number of carbonyl (C=O) groups excluding carboxylic acids is 1. The van der Waals surface area contributed by atoms with Crippen LogP contribution in [-0.2, 0) is 11.2 Å². The summed E-state index contributed by atoms with van der Waals surface area (Å²) < 4.78 is 0. The molecule has 1 unspecified atom stereocenters. The number of benzene rings is 3. The first-order valence-electron chi connectivity index (χ1n) is 12.6. The quantitative estimate of drug-likeness (QED) is 0.260. The van der Waals surface area contributed by atoms with E-state index in [1.165, 1.54) is 0 Å². The molecule has 0 spiro atoms. The molecule has 1 fully saturated rings. The van der Waals surface area contributed by atoms with Crippen molar-refractivity contribution in [2.45, 2.75) is 38.1 Å². The van der Waals surface area contributed by atoms with Crippen LogP contribution in [0.15, 0.2) is 66.7 Å². The number of fused-ring (bicyclic) bond motifs is 1. The van der Waals surface area contributed by atoms with E-state index in [1.807, 2.05) is 42.5 Å². The maximum absolute atomic E-state index is 13.3. The largest absolute Gasteiger partial charge is 0.508 e. The standard InChI is InChI=1S/C29H33N5O2/c30-17-19-6-8-20(9-7-19)29(36)32-26(12-18-4-2-1-3-5-18)23-13-22(14-24(35)15-23)21-10-11-25-27(16-21)33-34-28(25)31/h1-5,10-11,13-16,19-20,26,35H,6-9,12,17,30H2,(H,32,36)(H3,31,33,34)/t19-,20-,26?. The number of rotatable bonds is 7. The van der Waals surface area contributed by atoms with Gasteiger partial charge in [-0.3, -0.25) is 9.89 Å². The van der Waals surface area contributed by atoms with E-state index in [9.17, 15) is 9.90 Å². The number of nitrogen functional groups attached to an aromatic ring is 1. The number of nitrogens with two attached hydrogens (primary N) is 2. The van der Waals surface area contributed by atoms with Crippen LogP contribution in [0.4, 0.5) is 5.82 Å². The number of nitrogens with zero attached hydrogens (tertiary/aromatic N) is 1. The first-order chi connectivity index (χ1) is 17.5. The SMILES string of the molecule is NC[C@H]1CC[C@H](C(=O)NC(Cc2ccccc2)c2cc(O)cc(-c3ccc4c(N)n[nH]c4c3)c2)CC1. The lowest BCUT2D eigenvalue weighted by Gasteiger charge is -2.29. The number of hydrogen-bond acceptors (Lipinski definition) is 5. The lowest BCUT2D eigenvalue weighted by molar-refractivity contribution is -0.127. The predicted octanol–water partition coefficient (Wildman–Crippen LogP) is 4.68. The minimum Gasteiger partial charge on any atom is -0.508 e. The van der Waals surface area contributed by atoms with Gasteiger partial charge in [-0.1, -0.05) is 36.4 Å². The summed E-state index contributed by atoms with van der Waals surface area (Å²) in [5.74, 6) is 1.20. The second-order valence-electron chi connectivity index (χ2n) is 9.89. The van der Waals surface area contributed by atoms with E-state index >= 15 is 0 Å². The average Bonchev–Trinajstić information content (AvgIpc) is 3.28. The fourth-order valence-electron chi connectivity index (χ4n) is 5.27. The molecule has 7 nitrogen and oxygen atoms in total. The molecule has 186 valence electrons. The van der Waals surface area contributed by atoms with Crippen molar-refractivity contribution in [3.05, 3.63) is 77.9 Å². The Bertz CT molecular complexity index is 1340. The predicted molar refractivity (Wildman–Crippen MR) is 143 cm³/mol. The molecule has 7 N–H and O–H groups in total. The van der Waals surface area contributed by atoms with Gasteiger partial charge in [-0.15, -0.1) is 0 Å². The van der Waals surface area contributed by atoms with Gasteiger partial charge in [0.25, 0.3) is 0 Å². The van der Waals surface area contributed by atoms with Gasteiger partial charge in [-0.25, -0.2) is 0 Å². The van der Waals surface area contributed by atoms with E-state index in [4.69, 9.17) is 11.5 Å². The molecule has 0 bridgehead atoms. The number of carbonyl (C=O) groups is 1. The number of nitrogens with one attached hydrogen (secondary N) is 2.